The van der Waals surface area contributed by atoms with Crippen LogP contribution in [0, 0.1) is 18.6 Å². The van der Waals surface area contributed by atoms with Crippen LogP contribution in [0.1, 0.15) is 21.5 Å². The van der Waals surface area contributed by atoms with E-state index in [0.29, 0.717) is 11.6 Å². The summed E-state index contributed by atoms with van der Waals surface area (Å²) in [6, 6.07) is 6.61. The second-order valence-corrected chi connectivity index (χ2v) is 4.66. The number of rotatable bonds is 4. The minimum Gasteiger partial charge on any atom is -0.508 e. The monoisotopic (exact) mass is 292 g/mol. The molecule has 0 aliphatic heterocycles. The second kappa shape index (κ2) is 5.78. The number of halogens is 2. The van der Waals surface area contributed by atoms with Gasteiger partial charge in [-0.3, -0.25) is 4.79 Å². The number of carbonyl (C=O) groups excluding carboxylic acids is 1. The van der Waals surface area contributed by atoms with Gasteiger partial charge in [0.05, 0.1) is 11.3 Å². The van der Waals surface area contributed by atoms with Gasteiger partial charge < -0.3 is 16.2 Å². The van der Waals surface area contributed by atoms with E-state index in [9.17, 15) is 18.7 Å². The van der Waals surface area contributed by atoms with Crippen molar-refractivity contribution in [2.75, 3.05) is 5.32 Å². The number of nitrogens with one attached hydrogen (secondary N) is 1. The molecule has 110 valence electrons. The lowest BCUT2D eigenvalue weighted by molar-refractivity contribution is 0.0996. The van der Waals surface area contributed by atoms with E-state index in [1.807, 2.05) is 6.92 Å². The first-order valence-electron chi connectivity index (χ1n) is 6.19. The first-order chi connectivity index (χ1) is 9.88. The van der Waals surface area contributed by atoms with Gasteiger partial charge in [-0.1, -0.05) is 17.7 Å². The van der Waals surface area contributed by atoms with E-state index in [1.165, 1.54) is 6.07 Å². The molecule has 0 saturated heterocycles. The number of aryl methyl sites for hydroxylation is 1. The van der Waals surface area contributed by atoms with E-state index in [1.54, 1.807) is 12.1 Å². The molecule has 0 saturated carbocycles. The van der Waals surface area contributed by atoms with Crippen molar-refractivity contribution in [3.63, 3.8) is 0 Å². The zero-order valence-electron chi connectivity index (χ0n) is 11.3. The molecule has 0 aliphatic carbocycles. The molecule has 0 fully saturated rings. The molecule has 4 nitrogen and oxygen atoms in total. The highest BCUT2D eigenvalue weighted by molar-refractivity contribution is 5.94. The summed E-state index contributed by atoms with van der Waals surface area (Å²) in [4.78, 5) is 11.1. The number of carbonyl (C=O) groups is 1. The van der Waals surface area contributed by atoms with Gasteiger partial charge in [0.15, 0.2) is 0 Å². The molecule has 0 aliphatic rings. The Morgan fingerprint density at radius 1 is 1.24 bits per heavy atom. The van der Waals surface area contributed by atoms with Crippen LogP contribution < -0.4 is 11.1 Å². The molecule has 2 aromatic rings. The van der Waals surface area contributed by atoms with Crippen molar-refractivity contribution >= 4 is 11.6 Å². The average molecular weight is 292 g/mol. The minimum atomic E-state index is -1.01. The molecule has 21 heavy (non-hydrogen) atoms. The highest BCUT2D eigenvalue weighted by atomic mass is 19.1. The molecule has 0 heterocycles. The number of hydrogen-bond acceptors (Lipinski definition) is 3. The van der Waals surface area contributed by atoms with Gasteiger partial charge in [0.1, 0.15) is 17.4 Å². The predicted octanol–water partition coefficient (Wildman–Crippen LogP) is 2.69. The van der Waals surface area contributed by atoms with Crippen molar-refractivity contribution in [3.8, 4) is 5.75 Å². The summed E-state index contributed by atoms with van der Waals surface area (Å²) >= 11 is 0. The molecule has 6 heteroatoms. The molecule has 0 unspecified atom stereocenters. The number of amides is 1. The summed E-state index contributed by atoms with van der Waals surface area (Å²) in [5, 5.41) is 12.4. The molecule has 0 aromatic heterocycles. The Hall–Kier alpha value is -2.63. The Kier molecular flexibility index (Phi) is 4.07. The molecule has 0 radical (unpaired) electrons. The third kappa shape index (κ3) is 3.28. The van der Waals surface area contributed by atoms with Crippen molar-refractivity contribution < 1.29 is 18.7 Å². The Bertz CT molecular complexity index is 702. The smallest absolute Gasteiger partial charge is 0.251 e. The van der Waals surface area contributed by atoms with Crippen LogP contribution in [0.3, 0.4) is 0 Å². The fourth-order valence-electron chi connectivity index (χ4n) is 1.92. The van der Waals surface area contributed by atoms with Gasteiger partial charge in [0.25, 0.3) is 5.91 Å². The van der Waals surface area contributed by atoms with E-state index in [-0.39, 0.29) is 18.0 Å². The third-order valence-corrected chi connectivity index (χ3v) is 3.03. The number of hydrogen-bond donors (Lipinski definition) is 3. The summed E-state index contributed by atoms with van der Waals surface area (Å²) < 4.78 is 27.0. The van der Waals surface area contributed by atoms with Gasteiger partial charge >= 0.3 is 0 Å². The van der Waals surface area contributed by atoms with Crippen LogP contribution in [0.5, 0.6) is 5.75 Å². The second-order valence-electron chi connectivity index (χ2n) is 4.66. The maximum atomic E-state index is 13.7. The summed E-state index contributed by atoms with van der Waals surface area (Å²) in [6.07, 6.45) is 0. The van der Waals surface area contributed by atoms with E-state index in [2.05, 4.69) is 5.32 Å². The van der Waals surface area contributed by atoms with Crippen molar-refractivity contribution in [1.29, 1.82) is 0 Å². The van der Waals surface area contributed by atoms with Gasteiger partial charge in [-0.25, -0.2) is 8.78 Å². The summed E-state index contributed by atoms with van der Waals surface area (Å²) in [5.74, 6) is -2.77. The van der Waals surface area contributed by atoms with Crippen LogP contribution in [-0.2, 0) is 6.54 Å². The van der Waals surface area contributed by atoms with Gasteiger partial charge in [0, 0.05) is 18.2 Å². The Balaban J connectivity index is 2.25. The van der Waals surface area contributed by atoms with Gasteiger partial charge in [-0.2, -0.15) is 0 Å². The Morgan fingerprint density at radius 2 is 1.95 bits per heavy atom. The zero-order chi connectivity index (χ0) is 15.6. The maximum absolute atomic E-state index is 13.7. The standard InChI is InChI=1S/C15H14F2N2O2/c1-8-2-3-14(20)9(4-8)7-19-13-5-10(15(18)21)11(16)6-12(13)17/h2-6,19-20H,7H2,1H3,(H2,18,21). The topological polar surface area (TPSA) is 75.3 Å². The summed E-state index contributed by atoms with van der Waals surface area (Å²) in [5.41, 5.74) is 6.04. The fourth-order valence-corrected chi connectivity index (χ4v) is 1.92. The first-order valence-corrected chi connectivity index (χ1v) is 6.19. The van der Waals surface area contributed by atoms with Crippen LogP contribution in [0.25, 0.3) is 0 Å². The van der Waals surface area contributed by atoms with Crippen LogP contribution in [0.4, 0.5) is 14.5 Å². The van der Waals surface area contributed by atoms with Crippen molar-refractivity contribution in [3.05, 3.63) is 58.7 Å². The Morgan fingerprint density at radius 3 is 2.62 bits per heavy atom. The highest BCUT2D eigenvalue weighted by Crippen LogP contribution is 2.23. The lowest BCUT2D eigenvalue weighted by Crippen LogP contribution is -2.14. The Labute approximate surface area is 120 Å². The molecule has 4 N–H and O–H groups in total. The van der Waals surface area contributed by atoms with Crippen LogP contribution in [0.2, 0.25) is 0 Å². The van der Waals surface area contributed by atoms with Crippen molar-refractivity contribution in [2.24, 2.45) is 5.73 Å². The molecule has 0 atom stereocenters. The quantitative estimate of drug-likeness (QED) is 0.811. The number of primary amides is 1. The molecule has 0 bridgehead atoms. The van der Waals surface area contributed by atoms with Crippen LogP contribution in [0.15, 0.2) is 30.3 Å². The number of benzene rings is 2. The van der Waals surface area contributed by atoms with Gasteiger partial charge in [-0.15, -0.1) is 0 Å². The maximum Gasteiger partial charge on any atom is 0.251 e. The summed E-state index contributed by atoms with van der Waals surface area (Å²) in [7, 11) is 0. The molecular weight excluding hydrogens is 278 g/mol. The lowest BCUT2D eigenvalue weighted by atomic mass is 10.1. The van der Waals surface area contributed by atoms with E-state index in [0.717, 1.165) is 11.6 Å². The lowest BCUT2D eigenvalue weighted by Gasteiger charge is -2.11. The molecular formula is C15H14F2N2O2. The largest absolute Gasteiger partial charge is 0.508 e. The summed E-state index contributed by atoms with van der Waals surface area (Å²) in [6.45, 7) is 1.97. The molecule has 2 rings (SSSR count). The number of nitrogens with two attached hydrogens (primary N) is 1. The van der Waals surface area contributed by atoms with Crippen molar-refractivity contribution in [2.45, 2.75) is 13.5 Å². The average Bonchev–Trinajstić information content (AvgIpc) is 2.41. The van der Waals surface area contributed by atoms with Crippen molar-refractivity contribution in [1.82, 2.24) is 0 Å². The number of aromatic hydroxyl groups is 1. The molecule has 0 spiro atoms. The number of phenolic OH excluding ortho intramolecular Hbond substituents is 1. The van der Waals surface area contributed by atoms with E-state index in [4.69, 9.17) is 5.73 Å². The van der Waals surface area contributed by atoms with Gasteiger partial charge in [0.2, 0.25) is 0 Å². The zero-order valence-corrected chi connectivity index (χ0v) is 11.3. The van der Waals surface area contributed by atoms with Crippen LogP contribution in [-0.4, -0.2) is 11.0 Å². The fraction of sp³-hybridized carbons (Fsp3) is 0.133. The van der Waals surface area contributed by atoms with E-state index < -0.39 is 23.1 Å². The van der Waals surface area contributed by atoms with Gasteiger partial charge in [-0.05, 0) is 19.1 Å². The first kappa shape index (κ1) is 14.8. The minimum absolute atomic E-state index is 0.0609. The number of phenols is 1. The SMILES string of the molecule is Cc1ccc(O)c(CNc2cc(C(N)=O)c(F)cc2F)c1. The van der Waals surface area contributed by atoms with Crippen LogP contribution >= 0.6 is 0 Å². The molecule has 2 aromatic carbocycles. The normalized spacial score (nSPS) is 10.4. The highest BCUT2D eigenvalue weighted by Gasteiger charge is 2.14. The predicted molar refractivity (Wildman–Crippen MR) is 75.0 cm³/mol. The third-order valence-electron chi connectivity index (χ3n) is 3.03. The molecule has 1 amide bonds. The number of anilines is 1. The van der Waals surface area contributed by atoms with E-state index >= 15 is 0 Å².